The van der Waals surface area contributed by atoms with Crippen LogP contribution in [-0.4, -0.2) is 30.5 Å². The van der Waals surface area contributed by atoms with Crippen molar-refractivity contribution in [1.82, 2.24) is 4.90 Å². The number of nitrogens with zero attached hydrogens (tertiary/aromatic N) is 2. The smallest absolute Gasteiger partial charge is 0.240 e. The molecular formula is C17H24N2O2. The monoisotopic (exact) mass is 288 g/mol. The summed E-state index contributed by atoms with van der Waals surface area (Å²) in [6, 6.07) is 8.06. The zero-order valence-electron chi connectivity index (χ0n) is 13.3. The molecule has 1 unspecified atom stereocenters. The fourth-order valence-electron chi connectivity index (χ4n) is 2.25. The highest BCUT2D eigenvalue weighted by molar-refractivity contribution is 5.81. The molecule has 0 fully saturated rings. The quantitative estimate of drug-likeness (QED) is 0.774. The highest BCUT2D eigenvalue weighted by atomic mass is 16.5. The molecule has 114 valence electrons. The number of carbonyl (C=O) groups excluding carboxylic acids is 1. The van der Waals surface area contributed by atoms with E-state index < -0.39 is 5.92 Å². The summed E-state index contributed by atoms with van der Waals surface area (Å²) in [5, 5.41) is 9.17. The molecule has 4 heteroatoms. The number of hydrogen-bond acceptors (Lipinski definition) is 3. The minimum Gasteiger partial charge on any atom is -0.493 e. The van der Waals surface area contributed by atoms with E-state index in [1.165, 1.54) is 5.56 Å². The van der Waals surface area contributed by atoms with Gasteiger partial charge in [-0.1, -0.05) is 17.7 Å². The Morgan fingerprint density at radius 3 is 2.52 bits per heavy atom. The van der Waals surface area contributed by atoms with Gasteiger partial charge in [-0.15, -0.1) is 0 Å². The molecule has 0 N–H and O–H groups in total. The average molecular weight is 288 g/mol. The van der Waals surface area contributed by atoms with Crippen molar-refractivity contribution < 1.29 is 9.53 Å². The van der Waals surface area contributed by atoms with E-state index in [1.807, 2.05) is 39.8 Å². The van der Waals surface area contributed by atoms with Crippen molar-refractivity contribution in [3.63, 3.8) is 0 Å². The summed E-state index contributed by atoms with van der Waals surface area (Å²) in [5.41, 5.74) is 2.25. The minimum absolute atomic E-state index is 0.105. The molecule has 0 heterocycles. The fraction of sp³-hybridized carbons (Fsp3) is 0.529. The molecule has 1 atom stereocenters. The summed E-state index contributed by atoms with van der Waals surface area (Å²) < 4.78 is 5.70. The number of hydrogen-bond donors (Lipinski definition) is 0. The maximum absolute atomic E-state index is 12.1. The zero-order valence-corrected chi connectivity index (χ0v) is 13.3. The Hall–Kier alpha value is -2.02. The number of rotatable bonds is 7. The van der Waals surface area contributed by atoms with Crippen LogP contribution >= 0.6 is 0 Å². The number of ether oxygens (including phenoxy) is 1. The van der Waals surface area contributed by atoms with Crippen molar-refractivity contribution in [3.05, 3.63) is 29.3 Å². The summed E-state index contributed by atoms with van der Waals surface area (Å²) in [5.74, 6) is 0.0787. The van der Waals surface area contributed by atoms with Gasteiger partial charge in [0.25, 0.3) is 0 Å². The van der Waals surface area contributed by atoms with E-state index in [1.54, 1.807) is 4.90 Å². The Labute approximate surface area is 127 Å². The van der Waals surface area contributed by atoms with Gasteiger partial charge in [-0.25, -0.2) is 0 Å². The first-order valence-corrected chi connectivity index (χ1v) is 7.41. The molecule has 1 rings (SSSR count). The number of benzene rings is 1. The van der Waals surface area contributed by atoms with Gasteiger partial charge >= 0.3 is 0 Å². The van der Waals surface area contributed by atoms with Crippen LogP contribution < -0.4 is 4.74 Å². The maximum Gasteiger partial charge on any atom is 0.240 e. The number of nitriles is 1. The minimum atomic E-state index is -0.629. The average Bonchev–Trinajstić information content (AvgIpc) is 2.46. The molecule has 0 radical (unpaired) electrons. The van der Waals surface area contributed by atoms with Crippen molar-refractivity contribution in [1.29, 1.82) is 5.26 Å². The van der Waals surface area contributed by atoms with Gasteiger partial charge < -0.3 is 9.64 Å². The van der Waals surface area contributed by atoms with Gasteiger partial charge in [0.15, 0.2) is 0 Å². The number of aryl methyl sites for hydroxylation is 2. The van der Waals surface area contributed by atoms with Crippen LogP contribution in [0.1, 0.15) is 31.4 Å². The largest absolute Gasteiger partial charge is 0.493 e. The Balaban J connectivity index is 2.56. The van der Waals surface area contributed by atoms with Crippen LogP contribution in [0.15, 0.2) is 18.2 Å². The molecule has 0 aliphatic rings. The van der Waals surface area contributed by atoms with Crippen LogP contribution in [0.25, 0.3) is 0 Å². The molecule has 0 spiro atoms. The summed E-state index contributed by atoms with van der Waals surface area (Å²) in [6.07, 6.45) is 0.416. The standard InChI is InChI=1S/C17H24N2O2/c1-5-19(6-2)17(20)15(12-18)9-10-21-16-8-7-13(3)11-14(16)4/h7-8,11,15H,5-6,9-10H2,1-4H3. The molecule has 0 saturated heterocycles. The molecule has 1 amide bonds. The molecule has 1 aromatic rings. The van der Waals surface area contributed by atoms with Gasteiger partial charge in [0, 0.05) is 19.5 Å². The zero-order chi connectivity index (χ0) is 15.8. The molecule has 0 aliphatic carbocycles. The lowest BCUT2D eigenvalue weighted by atomic mass is 10.1. The third kappa shape index (κ3) is 4.78. The molecule has 1 aromatic carbocycles. The highest BCUT2D eigenvalue weighted by Crippen LogP contribution is 2.19. The normalized spacial score (nSPS) is 11.6. The van der Waals surface area contributed by atoms with Crippen molar-refractivity contribution in [3.8, 4) is 11.8 Å². The lowest BCUT2D eigenvalue weighted by molar-refractivity contribution is -0.133. The topological polar surface area (TPSA) is 53.3 Å². The second-order valence-corrected chi connectivity index (χ2v) is 5.10. The van der Waals surface area contributed by atoms with Gasteiger partial charge in [-0.2, -0.15) is 5.26 Å². The van der Waals surface area contributed by atoms with E-state index in [9.17, 15) is 10.1 Å². The third-order valence-electron chi connectivity index (χ3n) is 3.52. The Morgan fingerprint density at radius 2 is 2.00 bits per heavy atom. The maximum atomic E-state index is 12.1. The van der Waals surface area contributed by atoms with Gasteiger partial charge in [0.1, 0.15) is 11.7 Å². The molecule has 0 saturated carbocycles. The molecule has 4 nitrogen and oxygen atoms in total. The van der Waals surface area contributed by atoms with Crippen molar-refractivity contribution in [2.24, 2.45) is 5.92 Å². The van der Waals surface area contributed by atoms with E-state index in [2.05, 4.69) is 12.1 Å². The predicted octanol–water partition coefficient (Wildman–Crippen LogP) is 3.08. The fourth-order valence-corrected chi connectivity index (χ4v) is 2.25. The summed E-state index contributed by atoms with van der Waals surface area (Å²) in [4.78, 5) is 13.8. The second kappa shape index (κ2) is 8.31. The Bertz CT molecular complexity index is 516. The van der Waals surface area contributed by atoms with Gasteiger partial charge in [-0.05, 0) is 39.3 Å². The SMILES string of the molecule is CCN(CC)C(=O)C(C#N)CCOc1ccc(C)cc1C. The molecule has 0 aliphatic heterocycles. The molecule has 0 aromatic heterocycles. The lowest BCUT2D eigenvalue weighted by Crippen LogP contribution is -2.36. The van der Waals surface area contributed by atoms with Crippen LogP contribution in [0, 0.1) is 31.1 Å². The van der Waals surface area contributed by atoms with Crippen LogP contribution in [-0.2, 0) is 4.79 Å². The first-order valence-electron chi connectivity index (χ1n) is 7.41. The van der Waals surface area contributed by atoms with Crippen LogP contribution in [0.2, 0.25) is 0 Å². The molecule has 21 heavy (non-hydrogen) atoms. The van der Waals surface area contributed by atoms with E-state index in [0.717, 1.165) is 11.3 Å². The van der Waals surface area contributed by atoms with Gasteiger partial charge in [-0.3, -0.25) is 4.79 Å². The van der Waals surface area contributed by atoms with Gasteiger partial charge in [0.2, 0.25) is 5.91 Å². The van der Waals surface area contributed by atoms with E-state index in [4.69, 9.17) is 4.74 Å². The summed E-state index contributed by atoms with van der Waals surface area (Å²) >= 11 is 0. The summed E-state index contributed by atoms with van der Waals surface area (Å²) in [6.45, 7) is 9.49. The lowest BCUT2D eigenvalue weighted by Gasteiger charge is -2.21. The number of amides is 1. The van der Waals surface area contributed by atoms with Crippen LogP contribution in [0.3, 0.4) is 0 Å². The second-order valence-electron chi connectivity index (χ2n) is 5.10. The van der Waals surface area contributed by atoms with E-state index in [-0.39, 0.29) is 5.91 Å². The van der Waals surface area contributed by atoms with Crippen molar-refractivity contribution in [2.45, 2.75) is 34.1 Å². The first kappa shape index (κ1) is 17.0. The molecule has 0 bridgehead atoms. The highest BCUT2D eigenvalue weighted by Gasteiger charge is 2.22. The van der Waals surface area contributed by atoms with Crippen LogP contribution in [0.5, 0.6) is 5.75 Å². The van der Waals surface area contributed by atoms with E-state index in [0.29, 0.717) is 26.1 Å². The van der Waals surface area contributed by atoms with Crippen molar-refractivity contribution in [2.75, 3.05) is 19.7 Å². The van der Waals surface area contributed by atoms with E-state index >= 15 is 0 Å². The molecular weight excluding hydrogens is 264 g/mol. The predicted molar refractivity (Wildman–Crippen MR) is 83.1 cm³/mol. The van der Waals surface area contributed by atoms with Crippen molar-refractivity contribution >= 4 is 5.91 Å². The number of carbonyl (C=O) groups is 1. The van der Waals surface area contributed by atoms with Gasteiger partial charge in [0.05, 0.1) is 12.7 Å². The first-order chi connectivity index (χ1) is 10.0. The van der Waals surface area contributed by atoms with Crippen LogP contribution in [0.4, 0.5) is 0 Å². The Morgan fingerprint density at radius 1 is 1.33 bits per heavy atom. The summed E-state index contributed by atoms with van der Waals surface area (Å²) in [7, 11) is 0. The Kier molecular flexibility index (Phi) is 6.74. The third-order valence-corrected chi connectivity index (χ3v) is 3.52.